The van der Waals surface area contributed by atoms with Crippen LogP contribution < -0.4 is 0 Å². The van der Waals surface area contributed by atoms with Gasteiger partial charge in [0.2, 0.25) is 0 Å². The molecule has 0 aliphatic heterocycles. The van der Waals surface area contributed by atoms with E-state index in [4.69, 9.17) is 0 Å². The van der Waals surface area contributed by atoms with Crippen LogP contribution >= 0.6 is 0 Å². The summed E-state index contributed by atoms with van der Waals surface area (Å²) in [6.45, 7) is 3.93. The molecule has 0 aliphatic rings. The van der Waals surface area contributed by atoms with Crippen molar-refractivity contribution in [3.8, 4) is 11.3 Å². The number of pyridine rings is 1. The molecule has 1 aromatic heterocycles. The van der Waals surface area contributed by atoms with E-state index in [1.807, 2.05) is 48.7 Å². The molecule has 2 rings (SSSR count). The summed E-state index contributed by atoms with van der Waals surface area (Å²) in [6, 6.07) is 14.1. The molecule has 0 atom stereocenters. The van der Waals surface area contributed by atoms with E-state index in [-0.39, 0.29) is 0 Å². The number of hydrogen-bond donors (Lipinski definition) is 0. The van der Waals surface area contributed by atoms with Gasteiger partial charge in [0.1, 0.15) is 0 Å². The molecule has 0 N–H and O–H groups in total. The second kappa shape index (κ2) is 5.21. The predicted molar refractivity (Wildman–Crippen MR) is 73.1 cm³/mol. The first-order chi connectivity index (χ1) is 8.31. The Labute approximate surface area is 101 Å². The standard InChI is InChI=1S/C15H14N2/c1-12(10-16-2)14-8-9-15(17-11-14)13-6-4-3-5-7-13/h3-11H,1H2,2H3. The van der Waals surface area contributed by atoms with Crippen molar-refractivity contribution in [2.75, 3.05) is 7.05 Å². The van der Waals surface area contributed by atoms with Crippen LogP contribution in [0.4, 0.5) is 0 Å². The first kappa shape index (κ1) is 11.3. The van der Waals surface area contributed by atoms with Crippen LogP contribution in [0.15, 0.2) is 60.2 Å². The average molecular weight is 222 g/mol. The number of aliphatic imine (C=N–C) groups is 1. The van der Waals surface area contributed by atoms with Crippen LogP contribution in [0.2, 0.25) is 0 Å². The lowest BCUT2D eigenvalue weighted by atomic mass is 10.1. The average Bonchev–Trinajstić information content (AvgIpc) is 2.40. The SMILES string of the molecule is C=C(C=NC)c1ccc(-c2ccccc2)nc1. The molecule has 0 amide bonds. The molecule has 0 unspecified atom stereocenters. The largest absolute Gasteiger partial charge is 0.296 e. The number of benzene rings is 1. The third-order valence-electron chi connectivity index (χ3n) is 2.49. The molecule has 0 aliphatic carbocycles. The summed E-state index contributed by atoms with van der Waals surface area (Å²) in [5.41, 5.74) is 3.96. The van der Waals surface area contributed by atoms with Crippen LogP contribution in [-0.4, -0.2) is 18.2 Å². The van der Waals surface area contributed by atoms with Gasteiger partial charge in [0.25, 0.3) is 0 Å². The maximum atomic E-state index is 4.43. The van der Waals surface area contributed by atoms with Crippen LogP contribution in [0.1, 0.15) is 5.56 Å². The zero-order valence-electron chi connectivity index (χ0n) is 9.80. The quantitative estimate of drug-likeness (QED) is 0.730. The molecule has 0 bridgehead atoms. The normalized spacial score (nSPS) is 10.6. The minimum Gasteiger partial charge on any atom is -0.296 e. The van der Waals surface area contributed by atoms with Gasteiger partial charge in [-0.2, -0.15) is 0 Å². The van der Waals surface area contributed by atoms with Gasteiger partial charge >= 0.3 is 0 Å². The highest BCUT2D eigenvalue weighted by Crippen LogP contribution is 2.18. The molecule has 17 heavy (non-hydrogen) atoms. The Bertz CT molecular complexity index is 525. The van der Waals surface area contributed by atoms with Crippen molar-refractivity contribution >= 4 is 11.8 Å². The van der Waals surface area contributed by atoms with Crippen LogP contribution in [0.5, 0.6) is 0 Å². The lowest BCUT2D eigenvalue weighted by molar-refractivity contribution is 1.31. The summed E-state index contributed by atoms with van der Waals surface area (Å²) < 4.78 is 0. The summed E-state index contributed by atoms with van der Waals surface area (Å²) in [7, 11) is 1.73. The van der Waals surface area contributed by atoms with Crippen LogP contribution in [0.3, 0.4) is 0 Å². The van der Waals surface area contributed by atoms with Gasteiger partial charge in [-0.05, 0) is 11.6 Å². The molecule has 0 spiro atoms. The lowest BCUT2D eigenvalue weighted by Gasteiger charge is -2.03. The Morgan fingerprint density at radius 3 is 2.53 bits per heavy atom. The Kier molecular flexibility index (Phi) is 3.46. The van der Waals surface area contributed by atoms with Crippen LogP contribution in [0.25, 0.3) is 16.8 Å². The van der Waals surface area contributed by atoms with Gasteiger partial charge in [-0.15, -0.1) is 0 Å². The van der Waals surface area contributed by atoms with Crippen LogP contribution in [0, 0.1) is 0 Å². The summed E-state index contributed by atoms with van der Waals surface area (Å²) in [4.78, 5) is 8.37. The van der Waals surface area contributed by atoms with Crippen molar-refractivity contribution in [1.82, 2.24) is 4.98 Å². The highest BCUT2D eigenvalue weighted by Gasteiger charge is 2.00. The molecule has 1 heterocycles. The molecule has 0 saturated carbocycles. The molecule has 1 aromatic carbocycles. The zero-order valence-corrected chi connectivity index (χ0v) is 9.80. The van der Waals surface area contributed by atoms with Gasteiger partial charge in [-0.3, -0.25) is 9.98 Å². The van der Waals surface area contributed by atoms with Gasteiger partial charge < -0.3 is 0 Å². The summed E-state index contributed by atoms with van der Waals surface area (Å²) in [6.07, 6.45) is 3.56. The minimum absolute atomic E-state index is 0.875. The van der Waals surface area contributed by atoms with Crippen molar-refractivity contribution in [3.05, 3.63) is 60.8 Å². The van der Waals surface area contributed by atoms with Crippen molar-refractivity contribution < 1.29 is 0 Å². The number of aromatic nitrogens is 1. The van der Waals surface area contributed by atoms with Crippen molar-refractivity contribution in [3.63, 3.8) is 0 Å². The fourth-order valence-corrected chi connectivity index (χ4v) is 1.59. The second-order valence-corrected chi connectivity index (χ2v) is 3.71. The highest BCUT2D eigenvalue weighted by atomic mass is 14.7. The van der Waals surface area contributed by atoms with Gasteiger partial charge in [0, 0.05) is 30.6 Å². The molecule has 2 aromatic rings. The maximum Gasteiger partial charge on any atom is 0.0702 e. The van der Waals surface area contributed by atoms with E-state index in [0.717, 1.165) is 22.4 Å². The third-order valence-corrected chi connectivity index (χ3v) is 2.49. The van der Waals surface area contributed by atoms with Gasteiger partial charge in [0.05, 0.1) is 5.69 Å². The predicted octanol–water partition coefficient (Wildman–Crippen LogP) is 3.46. The summed E-state index contributed by atoms with van der Waals surface area (Å²) in [5, 5.41) is 0. The summed E-state index contributed by atoms with van der Waals surface area (Å²) >= 11 is 0. The topological polar surface area (TPSA) is 25.2 Å². The van der Waals surface area contributed by atoms with Gasteiger partial charge in [0.15, 0.2) is 0 Å². The highest BCUT2D eigenvalue weighted by molar-refractivity contribution is 6.08. The molecule has 0 fully saturated rings. The number of hydrogen-bond acceptors (Lipinski definition) is 2. The fraction of sp³-hybridized carbons (Fsp3) is 0.0667. The van der Waals surface area contributed by atoms with E-state index in [2.05, 4.69) is 16.6 Å². The van der Waals surface area contributed by atoms with E-state index in [9.17, 15) is 0 Å². The van der Waals surface area contributed by atoms with Gasteiger partial charge in [-0.1, -0.05) is 43.0 Å². The smallest absolute Gasteiger partial charge is 0.0702 e. The van der Waals surface area contributed by atoms with E-state index in [1.54, 1.807) is 13.3 Å². The molecule has 2 heteroatoms. The van der Waals surface area contributed by atoms with E-state index < -0.39 is 0 Å². The molecule has 0 radical (unpaired) electrons. The van der Waals surface area contributed by atoms with E-state index in [0.29, 0.717) is 0 Å². The van der Waals surface area contributed by atoms with Crippen molar-refractivity contribution in [1.29, 1.82) is 0 Å². The molecule has 2 nitrogen and oxygen atoms in total. The Hall–Kier alpha value is -2.22. The van der Waals surface area contributed by atoms with Gasteiger partial charge in [-0.25, -0.2) is 0 Å². The minimum atomic E-state index is 0.875. The second-order valence-electron chi connectivity index (χ2n) is 3.71. The fourth-order valence-electron chi connectivity index (χ4n) is 1.59. The third kappa shape index (κ3) is 2.67. The lowest BCUT2D eigenvalue weighted by Crippen LogP contribution is -1.88. The number of rotatable bonds is 3. The van der Waals surface area contributed by atoms with E-state index in [1.165, 1.54) is 0 Å². The Morgan fingerprint density at radius 2 is 1.94 bits per heavy atom. The first-order valence-corrected chi connectivity index (χ1v) is 5.44. The Morgan fingerprint density at radius 1 is 1.18 bits per heavy atom. The van der Waals surface area contributed by atoms with Crippen molar-refractivity contribution in [2.45, 2.75) is 0 Å². The zero-order chi connectivity index (χ0) is 12.1. The molecule has 84 valence electrons. The molecule has 0 saturated heterocycles. The number of nitrogens with zero attached hydrogens (tertiary/aromatic N) is 2. The van der Waals surface area contributed by atoms with E-state index >= 15 is 0 Å². The Balaban J connectivity index is 2.28. The van der Waals surface area contributed by atoms with Crippen LogP contribution in [-0.2, 0) is 0 Å². The first-order valence-electron chi connectivity index (χ1n) is 5.44. The number of allylic oxidation sites excluding steroid dienone is 1. The summed E-state index contributed by atoms with van der Waals surface area (Å²) in [5.74, 6) is 0. The molecular weight excluding hydrogens is 208 g/mol. The van der Waals surface area contributed by atoms with Crippen molar-refractivity contribution in [2.24, 2.45) is 4.99 Å². The monoisotopic (exact) mass is 222 g/mol. The maximum absolute atomic E-state index is 4.43. The molecular formula is C15H14N2.